The van der Waals surface area contributed by atoms with Crippen LogP contribution in [0.2, 0.25) is 0 Å². The van der Waals surface area contributed by atoms with Crippen molar-refractivity contribution in [3.63, 3.8) is 0 Å². The van der Waals surface area contributed by atoms with Crippen LogP contribution < -0.4 is 19.5 Å². The molecule has 0 aromatic heterocycles. The molecular weight excluding hydrogens is 380 g/mol. The van der Waals surface area contributed by atoms with Crippen LogP contribution in [-0.4, -0.2) is 49.9 Å². The van der Waals surface area contributed by atoms with Gasteiger partial charge in [-0.05, 0) is 44.5 Å². The van der Waals surface area contributed by atoms with Gasteiger partial charge in [-0.3, -0.25) is 9.69 Å². The van der Waals surface area contributed by atoms with Crippen LogP contribution in [0.3, 0.4) is 0 Å². The molecule has 0 radical (unpaired) electrons. The standard InChI is InChI=1S/C22H34N2O4.C2H6/c1-2-3-4-5-6-9-21(25)23-22(17-24-12-7-8-13-24)28-18-10-11-19-20(16-18)27-15-14-26-19;1-2/h10-11,16,22H,2-9,12-15,17H2,1H3,(H,23,25);1-2H3. The number of rotatable bonds is 11. The quantitative estimate of drug-likeness (QED) is 0.413. The smallest absolute Gasteiger partial charge is 0.222 e. The molecular formula is C24H40N2O4. The third-order valence-electron chi connectivity index (χ3n) is 5.24. The highest BCUT2D eigenvalue weighted by Crippen LogP contribution is 2.33. The molecule has 0 bridgehead atoms. The maximum atomic E-state index is 12.4. The van der Waals surface area contributed by atoms with E-state index in [9.17, 15) is 4.79 Å². The minimum absolute atomic E-state index is 0.0678. The van der Waals surface area contributed by atoms with Crippen LogP contribution in [0.5, 0.6) is 17.2 Å². The third-order valence-corrected chi connectivity index (χ3v) is 5.24. The highest BCUT2D eigenvalue weighted by Gasteiger charge is 2.21. The summed E-state index contributed by atoms with van der Waals surface area (Å²) in [5, 5.41) is 3.09. The Balaban J connectivity index is 0.00000155. The maximum Gasteiger partial charge on any atom is 0.222 e. The molecule has 6 heteroatoms. The van der Waals surface area contributed by atoms with Gasteiger partial charge in [-0.2, -0.15) is 0 Å². The predicted octanol–water partition coefficient (Wildman–Crippen LogP) is 4.76. The second-order valence-corrected chi connectivity index (χ2v) is 7.65. The van der Waals surface area contributed by atoms with Crippen LogP contribution in [-0.2, 0) is 4.79 Å². The van der Waals surface area contributed by atoms with Gasteiger partial charge in [0.2, 0.25) is 5.91 Å². The van der Waals surface area contributed by atoms with Gasteiger partial charge in [0.1, 0.15) is 19.0 Å². The second kappa shape index (κ2) is 14.1. The van der Waals surface area contributed by atoms with Crippen LogP contribution in [0.4, 0.5) is 0 Å². The van der Waals surface area contributed by atoms with Crippen molar-refractivity contribution in [1.29, 1.82) is 0 Å². The number of carbonyl (C=O) groups is 1. The van der Waals surface area contributed by atoms with E-state index >= 15 is 0 Å². The zero-order valence-electron chi connectivity index (χ0n) is 19.1. The molecule has 170 valence electrons. The number of nitrogens with zero attached hydrogens (tertiary/aromatic N) is 1. The van der Waals surface area contributed by atoms with Crippen molar-refractivity contribution >= 4 is 5.91 Å². The van der Waals surface area contributed by atoms with E-state index in [1.54, 1.807) is 0 Å². The zero-order chi connectivity index (χ0) is 21.6. The monoisotopic (exact) mass is 420 g/mol. The van der Waals surface area contributed by atoms with Crippen molar-refractivity contribution in [2.45, 2.75) is 78.4 Å². The number of nitrogens with one attached hydrogen (secondary N) is 1. The number of fused-ring (bicyclic) bond motifs is 1. The van der Waals surface area contributed by atoms with Gasteiger partial charge >= 0.3 is 0 Å². The molecule has 1 N–H and O–H groups in total. The van der Waals surface area contributed by atoms with Gasteiger partial charge in [0.15, 0.2) is 17.7 Å². The molecule has 1 atom stereocenters. The van der Waals surface area contributed by atoms with Gasteiger partial charge in [-0.15, -0.1) is 0 Å². The number of hydrogen-bond donors (Lipinski definition) is 1. The van der Waals surface area contributed by atoms with E-state index in [2.05, 4.69) is 17.1 Å². The Hall–Kier alpha value is -1.95. The highest BCUT2D eigenvalue weighted by atomic mass is 16.6. The molecule has 3 rings (SSSR count). The molecule has 2 aliphatic rings. The van der Waals surface area contributed by atoms with E-state index in [0.717, 1.165) is 31.7 Å². The Kier molecular flexibility index (Phi) is 11.5. The van der Waals surface area contributed by atoms with Crippen molar-refractivity contribution in [2.24, 2.45) is 0 Å². The summed E-state index contributed by atoms with van der Waals surface area (Å²) in [6.45, 7) is 10.1. The summed E-state index contributed by atoms with van der Waals surface area (Å²) in [6.07, 6.45) is 8.33. The molecule has 1 saturated heterocycles. The van der Waals surface area contributed by atoms with Crippen LogP contribution in [0.1, 0.15) is 72.1 Å². The number of ether oxygens (including phenoxy) is 3. The normalized spacial score (nSPS) is 16.4. The van der Waals surface area contributed by atoms with E-state index in [1.807, 2.05) is 32.0 Å². The number of carbonyl (C=O) groups excluding carboxylic acids is 1. The van der Waals surface area contributed by atoms with Gasteiger partial charge in [0.25, 0.3) is 0 Å². The molecule has 0 saturated carbocycles. The van der Waals surface area contributed by atoms with Gasteiger partial charge in [-0.25, -0.2) is 0 Å². The Bertz CT molecular complexity index is 617. The number of benzene rings is 1. The molecule has 1 amide bonds. The van der Waals surface area contributed by atoms with Gasteiger partial charge < -0.3 is 19.5 Å². The summed E-state index contributed by atoms with van der Waals surface area (Å²) >= 11 is 0. The van der Waals surface area contributed by atoms with Crippen molar-refractivity contribution in [1.82, 2.24) is 10.2 Å². The fourth-order valence-electron chi connectivity index (χ4n) is 3.71. The molecule has 6 nitrogen and oxygen atoms in total. The summed E-state index contributed by atoms with van der Waals surface area (Å²) < 4.78 is 17.4. The van der Waals surface area contributed by atoms with Crippen molar-refractivity contribution in [2.75, 3.05) is 32.8 Å². The minimum atomic E-state index is -0.358. The van der Waals surface area contributed by atoms with E-state index in [-0.39, 0.29) is 12.1 Å². The molecule has 1 aromatic carbocycles. The number of amides is 1. The lowest BCUT2D eigenvalue weighted by Crippen LogP contribution is -2.46. The summed E-state index contributed by atoms with van der Waals surface area (Å²) in [5.41, 5.74) is 0. The molecule has 1 unspecified atom stereocenters. The molecule has 2 heterocycles. The van der Waals surface area contributed by atoms with Crippen LogP contribution in [0.15, 0.2) is 18.2 Å². The first-order chi connectivity index (χ1) is 14.7. The lowest BCUT2D eigenvalue weighted by molar-refractivity contribution is -0.124. The van der Waals surface area contributed by atoms with Gasteiger partial charge in [-0.1, -0.05) is 46.5 Å². The lowest BCUT2D eigenvalue weighted by Gasteiger charge is -2.26. The summed E-state index contributed by atoms with van der Waals surface area (Å²) in [5.74, 6) is 2.20. The van der Waals surface area contributed by atoms with Crippen molar-refractivity contribution in [3.05, 3.63) is 18.2 Å². The molecule has 30 heavy (non-hydrogen) atoms. The molecule has 2 aliphatic heterocycles. The lowest BCUT2D eigenvalue weighted by atomic mass is 10.1. The first-order valence-electron chi connectivity index (χ1n) is 11.8. The Morgan fingerprint density at radius 2 is 1.77 bits per heavy atom. The molecule has 1 aromatic rings. The Labute approximate surface area is 182 Å². The largest absolute Gasteiger partial charge is 0.486 e. The maximum absolute atomic E-state index is 12.4. The van der Waals surface area contributed by atoms with Crippen LogP contribution in [0, 0.1) is 0 Å². The number of hydrogen-bond acceptors (Lipinski definition) is 5. The van der Waals surface area contributed by atoms with Gasteiger partial charge in [0.05, 0.1) is 6.54 Å². The molecule has 0 spiro atoms. The first-order valence-corrected chi connectivity index (χ1v) is 11.8. The molecule has 0 aliphatic carbocycles. The highest BCUT2D eigenvalue weighted by molar-refractivity contribution is 5.76. The topological polar surface area (TPSA) is 60.0 Å². The Morgan fingerprint density at radius 1 is 1.07 bits per heavy atom. The summed E-state index contributed by atoms with van der Waals surface area (Å²) in [6, 6.07) is 5.59. The summed E-state index contributed by atoms with van der Waals surface area (Å²) in [4.78, 5) is 14.8. The fourth-order valence-corrected chi connectivity index (χ4v) is 3.71. The van der Waals surface area contributed by atoms with Crippen molar-refractivity contribution < 1.29 is 19.0 Å². The van der Waals surface area contributed by atoms with E-state index in [1.165, 1.54) is 32.1 Å². The van der Waals surface area contributed by atoms with E-state index < -0.39 is 0 Å². The van der Waals surface area contributed by atoms with Crippen LogP contribution >= 0.6 is 0 Å². The Morgan fingerprint density at radius 3 is 2.50 bits per heavy atom. The van der Waals surface area contributed by atoms with E-state index in [4.69, 9.17) is 14.2 Å². The fraction of sp³-hybridized carbons (Fsp3) is 0.708. The van der Waals surface area contributed by atoms with Crippen LogP contribution in [0.25, 0.3) is 0 Å². The predicted molar refractivity (Wildman–Crippen MR) is 120 cm³/mol. The second-order valence-electron chi connectivity index (χ2n) is 7.65. The number of likely N-dealkylation sites (tertiary alicyclic amines) is 1. The minimum Gasteiger partial charge on any atom is -0.486 e. The summed E-state index contributed by atoms with van der Waals surface area (Å²) in [7, 11) is 0. The van der Waals surface area contributed by atoms with Crippen molar-refractivity contribution in [3.8, 4) is 17.2 Å². The van der Waals surface area contributed by atoms with E-state index in [0.29, 0.717) is 37.7 Å². The number of unbranched alkanes of at least 4 members (excludes halogenated alkanes) is 4. The zero-order valence-corrected chi connectivity index (χ0v) is 19.1. The SMILES string of the molecule is CC.CCCCCCCC(=O)NC(CN1CCCC1)Oc1ccc2c(c1)OCCO2. The molecule has 1 fully saturated rings. The van der Waals surface area contributed by atoms with Gasteiger partial charge in [0, 0.05) is 12.5 Å². The first kappa shape index (κ1) is 24.3. The third kappa shape index (κ3) is 8.42. The average Bonchev–Trinajstić information content (AvgIpc) is 3.28. The average molecular weight is 421 g/mol.